The maximum absolute atomic E-state index is 11.2. The number of carbonyl (C=O) groups is 2. The zero-order valence-corrected chi connectivity index (χ0v) is 8.79. The summed E-state index contributed by atoms with van der Waals surface area (Å²) in [4.78, 5) is 21.4. The minimum Gasteiger partial charge on any atom is -0.480 e. The highest BCUT2D eigenvalue weighted by molar-refractivity contribution is 5.80. The molecule has 5 heteroatoms. The van der Waals surface area contributed by atoms with Gasteiger partial charge in [0.2, 0.25) is 5.91 Å². The maximum atomic E-state index is 11.2. The number of hydrogen-bond donors (Lipinski definition) is 3. The summed E-state index contributed by atoms with van der Waals surface area (Å²) in [6, 6.07) is 0. The summed E-state index contributed by atoms with van der Waals surface area (Å²) < 4.78 is 0. The molecule has 0 aromatic rings. The average Bonchev–Trinajstić information content (AvgIpc) is 2.25. The van der Waals surface area contributed by atoms with Gasteiger partial charge in [-0.05, 0) is 38.3 Å². The molecule has 0 aromatic carbocycles. The molecule has 1 heterocycles. The van der Waals surface area contributed by atoms with Crippen LogP contribution in [0.2, 0.25) is 0 Å². The number of piperidine rings is 1. The van der Waals surface area contributed by atoms with Crippen molar-refractivity contribution in [2.75, 3.05) is 19.6 Å². The molecule has 5 nitrogen and oxygen atoms in total. The zero-order chi connectivity index (χ0) is 11.1. The second-order valence-corrected chi connectivity index (χ2v) is 3.92. The van der Waals surface area contributed by atoms with Crippen molar-refractivity contribution in [3.8, 4) is 0 Å². The van der Waals surface area contributed by atoms with Gasteiger partial charge in [-0.1, -0.05) is 0 Å². The van der Waals surface area contributed by atoms with E-state index < -0.39 is 5.97 Å². The lowest BCUT2D eigenvalue weighted by Crippen LogP contribution is -2.32. The van der Waals surface area contributed by atoms with Gasteiger partial charge in [0.1, 0.15) is 6.54 Å². The molecule has 1 aliphatic heterocycles. The van der Waals surface area contributed by atoms with Crippen LogP contribution in [0.25, 0.3) is 0 Å². The van der Waals surface area contributed by atoms with Gasteiger partial charge in [-0.2, -0.15) is 0 Å². The Morgan fingerprint density at radius 3 is 2.87 bits per heavy atom. The highest BCUT2D eigenvalue weighted by Gasteiger charge is 2.14. The van der Waals surface area contributed by atoms with Gasteiger partial charge in [-0.25, -0.2) is 0 Å². The van der Waals surface area contributed by atoms with E-state index >= 15 is 0 Å². The Labute approximate surface area is 89.2 Å². The molecule has 0 saturated carbocycles. The number of nitrogens with one attached hydrogen (secondary N) is 2. The first kappa shape index (κ1) is 12.0. The minimum absolute atomic E-state index is 0.164. The van der Waals surface area contributed by atoms with Gasteiger partial charge >= 0.3 is 5.97 Å². The van der Waals surface area contributed by atoms with Crippen LogP contribution in [0.5, 0.6) is 0 Å². The average molecular weight is 214 g/mol. The first-order valence-corrected chi connectivity index (χ1v) is 5.37. The number of carboxylic acid groups (broad SMARTS) is 1. The quantitative estimate of drug-likeness (QED) is 0.600. The Hall–Kier alpha value is -1.10. The molecular weight excluding hydrogens is 196 g/mol. The molecule has 1 atom stereocenters. The lowest BCUT2D eigenvalue weighted by atomic mass is 9.94. The van der Waals surface area contributed by atoms with Crippen molar-refractivity contribution in [1.29, 1.82) is 0 Å². The second-order valence-electron chi connectivity index (χ2n) is 3.92. The van der Waals surface area contributed by atoms with Gasteiger partial charge in [0.05, 0.1) is 0 Å². The first-order valence-electron chi connectivity index (χ1n) is 5.37. The molecule has 1 aliphatic rings. The predicted octanol–water partition coefficient (Wildman–Crippen LogP) is -0.0330. The molecule has 1 fully saturated rings. The molecule has 0 aliphatic carbocycles. The third-order valence-electron chi connectivity index (χ3n) is 2.62. The van der Waals surface area contributed by atoms with E-state index in [-0.39, 0.29) is 12.5 Å². The molecule has 1 amide bonds. The van der Waals surface area contributed by atoms with Crippen molar-refractivity contribution in [2.24, 2.45) is 5.92 Å². The lowest BCUT2D eigenvalue weighted by molar-refractivity contribution is -0.138. The van der Waals surface area contributed by atoms with Gasteiger partial charge < -0.3 is 15.7 Å². The normalized spacial score (nSPS) is 20.9. The monoisotopic (exact) mass is 214 g/mol. The number of carboxylic acids is 1. The lowest BCUT2D eigenvalue weighted by Gasteiger charge is -2.22. The summed E-state index contributed by atoms with van der Waals surface area (Å²) in [6.07, 6.45) is 3.61. The molecule has 1 unspecified atom stereocenters. The van der Waals surface area contributed by atoms with Crippen molar-refractivity contribution in [1.82, 2.24) is 10.6 Å². The Balaban J connectivity index is 2.07. The Kier molecular flexibility index (Phi) is 5.10. The number of amides is 1. The van der Waals surface area contributed by atoms with Crippen molar-refractivity contribution < 1.29 is 14.7 Å². The van der Waals surface area contributed by atoms with Crippen LogP contribution in [0.3, 0.4) is 0 Å². The summed E-state index contributed by atoms with van der Waals surface area (Å²) in [6.45, 7) is 1.77. The largest absolute Gasteiger partial charge is 0.480 e. The van der Waals surface area contributed by atoms with Crippen molar-refractivity contribution in [3.63, 3.8) is 0 Å². The van der Waals surface area contributed by atoms with E-state index in [0.29, 0.717) is 12.3 Å². The van der Waals surface area contributed by atoms with Crippen LogP contribution in [0, 0.1) is 5.92 Å². The van der Waals surface area contributed by atoms with Crippen molar-refractivity contribution in [2.45, 2.75) is 25.7 Å². The number of rotatable bonds is 5. The molecule has 0 aromatic heterocycles. The molecular formula is C10H18N2O3. The fourth-order valence-corrected chi connectivity index (χ4v) is 1.77. The molecule has 1 rings (SSSR count). The molecule has 0 radical (unpaired) electrons. The fourth-order valence-electron chi connectivity index (χ4n) is 1.77. The zero-order valence-electron chi connectivity index (χ0n) is 8.79. The molecule has 3 N–H and O–H groups in total. The van der Waals surface area contributed by atoms with E-state index in [1.807, 2.05) is 0 Å². The topological polar surface area (TPSA) is 78.4 Å². The Bertz CT molecular complexity index is 225. The number of aliphatic carboxylic acids is 1. The number of carbonyl (C=O) groups excluding carboxylic acids is 1. The SMILES string of the molecule is O=C(O)CNC(=O)CCC1CCCNC1. The maximum Gasteiger partial charge on any atom is 0.322 e. The third kappa shape index (κ3) is 5.37. The van der Waals surface area contributed by atoms with Gasteiger partial charge in [-0.3, -0.25) is 9.59 Å². The van der Waals surface area contributed by atoms with E-state index in [2.05, 4.69) is 10.6 Å². The van der Waals surface area contributed by atoms with Crippen LogP contribution < -0.4 is 10.6 Å². The smallest absolute Gasteiger partial charge is 0.322 e. The predicted molar refractivity (Wildman–Crippen MR) is 55.5 cm³/mol. The van der Waals surface area contributed by atoms with E-state index in [9.17, 15) is 9.59 Å². The molecule has 0 spiro atoms. The van der Waals surface area contributed by atoms with E-state index in [1.165, 1.54) is 12.8 Å². The van der Waals surface area contributed by atoms with E-state index in [0.717, 1.165) is 19.5 Å². The molecule has 15 heavy (non-hydrogen) atoms. The van der Waals surface area contributed by atoms with Crippen LogP contribution in [0.15, 0.2) is 0 Å². The summed E-state index contributed by atoms with van der Waals surface area (Å²) in [5, 5.41) is 14.0. The van der Waals surface area contributed by atoms with Crippen LogP contribution in [0.4, 0.5) is 0 Å². The third-order valence-corrected chi connectivity index (χ3v) is 2.62. The van der Waals surface area contributed by atoms with Crippen LogP contribution in [-0.4, -0.2) is 36.6 Å². The number of hydrogen-bond acceptors (Lipinski definition) is 3. The van der Waals surface area contributed by atoms with Crippen LogP contribution in [0.1, 0.15) is 25.7 Å². The van der Waals surface area contributed by atoms with E-state index in [1.54, 1.807) is 0 Å². The van der Waals surface area contributed by atoms with E-state index in [4.69, 9.17) is 5.11 Å². The van der Waals surface area contributed by atoms with Crippen molar-refractivity contribution >= 4 is 11.9 Å². The summed E-state index contributed by atoms with van der Waals surface area (Å²) in [5.74, 6) is -0.597. The van der Waals surface area contributed by atoms with Crippen LogP contribution in [-0.2, 0) is 9.59 Å². The first-order chi connectivity index (χ1) is 7.18. The van der Waals surface area contributed by atoms with Gasteiger partial charge in [-0.15, -0.1) is 0 Å². The van der Waals surface area contributed by atoms with Gasteiger partial charge in [0.15, 0.2) is 0 Å². The fraction of sp³-hybridized carbons (Fsp3) is 0.800. The molecule has 86 valence electrons. The standard InChI is InChI=1S/C10H18N2O3/c13-9(12-7-10(14)15)4-3-8-2-1-5-11-6-8/h8,11H,1-7H2,(H,12,13)(H,14,15). The molecule has 0 bridgehead atoms. The summed E-state index contributed by atoms with van der Waals surface area (Å²) >= 11 is 0. The highest BCUT2D eigenvalue weighted by Crippen LogP contribution is 2.15. The molecule has 1 saturated heterocycles. The van der Waals surface area contributed by atoms with Crippen LogP contribution >= 0.6 is 0 Å². The highest BCUT2D eigenvalue weighted by atomic mass is 16.4. The summed E-state index contributed by atoms with van der Waals surface area (Å²) in [7, 11) is 0. The van der Waals surface area contributed by atoms with Gasteiger partial charge in [0.25, 0.3) is 0 Å². The van der Waals surface area contributed by atoms with Gasteiger partial charge in [0, 0.05) is 6.42 Å². The minimum atomic E-state index is -0.998. The Morgan fingerprint density at radius 1 is 1.47 bits per heavy atom. The summed E-state index contributed by atoms with van der Waals surface area (Å²) in [5.41, 5.74) is 0. The Morgan fingerprint density at radius 2 is 2.27 bits per heavy atom. The van der Waals surface area contributed by atoms with Crippen molar-refractivity contribution in [3.05, 3.63) is 0 Å². The second kappa shape index (κ2) is 6.40.